The molecule has 0 N–H and O–H groups in total. The van der Waals surface area contributed by atoms with Crippen molar-refractivity contribution in [2.24, 2.45) is 11.8 Å². The van der Waals surface area contributed by atoms with Crippen molar-refractivity contribution in [2.45, 2.75) is 58.3 Å². The van der Waals surface area contributed by atoms with Crippen molar-refractivity contribution < 1.29 is 0 Å². The van der Waals surface area contributed by atoms with Crippen LogP contribution in [-0.4, -0.2) is 0 Å². The Morgan fingerprint density at radius 2 is 1.35 bits per heavy atom. The molecule has 0 spiro atoms. The summed E-state index contributed by atoms with van der Waals surface area (Å²) in [7, 11) is 0. The molecular formula is C51H56. The molecule has 0 bridgehead atoms. The van der Waals surface area contributed by atoms with Gasteiger partial charge in [-0.05, 0) is 103 Å². The molecule has 0 saturated heterocycles. The number of hydrogen-bond acceptors (Lipinski definition) is 0. The quantitative estimate of drug-likeness (QED) is 0.147. The van der Waals surface area contributed by atoms with Crippen molar-refractivity contribution in [1.82, 2.24) is 0 Å². The molecule has 4 atom stereocenters. The van der Waals surface area contributed by atoms with E-state index in [0.29, 0.717) is 11.8 Å². The number of benzene rings is 2. The second-order valence-corrected chi connectivity index (χ2v) is 13.3. The summed E-state index contributed by atoms with van der Waals surface area (Å²) < 4.78 is 0. The standard InChI is InChI=1S/C51H56/c1-8-11-12-13-16-22-43-31-33-45(34-32-43)46-35-37-49(38-36-46)51(48-25-19-15-20-26-48)42(7)30-28-40(5)39(4)27-29-41(6)50(44(10-3)21-9-2)47-23-17-14-18-24-47/h8-15,17-21,23-31,33-35,37-38,43,46,50-51H,4-7,16,22,32,36H2,1-3H3/b11-8-,13-12-,21-9-,29-27-,30-28-,44-10+. The van der Waals surface area contributed by atoms with E-state index in [1.807, 2.05) is 25.1 Å². The first-order valence-electron chi connectivity index (χ1n) is 18.4. The van der Waals surface area contributed by atoms with E-state index < -0.39 is 0 Å². The maximum atomic E-state index is 4.57. The van der Waals surface area contributed by atoms with Crippen LogP contribution in [0.1, 0.15) is 69.4 Å². The predicted molar refractivity (Wildman–Crippen MR) is 226 cm³/mol. The van der Waals surface area contributed by atoms with Gasteiger partial charge >= 0.3 is 0 Å². The van der Waals surface area contributed by atoms with Crippen LogP contribution >= 0.6 is 0 Å². The van der Waals surface area contributed by atoms with E-state index in [2.05, 4.69) is 186 Å². The third-order valence-electron chi connectivity index (χ3n) is 9.69. The van der Waals surface area contributed by atoms with Crippen molar-refractivity contribution in [3.05, 3.63) is 240 Å². The zero-order valence-electron chi connectivity index (χ0n) is 31.1. The molecule has 2 aromatic carbocycles. The Morgan fingerprint density at radius 3 is 1.92 bits per heavy atom. The Morgan fingerprint density at radius 1 is 0.686 bits per heavy atom. The zero-order chi connectivity index (χ0) is 36.4. The van der Waals surface area contributed by atoms with E-state index >= 15 is 0 Å². The molecule has 0 radical (unpaired) electrons. The normalized spacial score (nSPS) is 19.2. The molecule has 2 aliphatic rings. The summed E-state index contributed by atoms with van der Waals surface area (Å²) in [6.07, 6.45) is 42.0. The monoisotopic (exact) mass is 668 g/mol. The molecule has 260 valence electrons. The van der Waals surface area contributed by atoms with Crippen LogP contribution in [0.15, 0.2) is 229 Å². The Kier molecular flexibility index (Phi) is 15.5. The average molecular weight is 669 g/mol. The van der Waals surface area contributed by atoms with Crippen LogP contribution < -0.4 is 0 Å². The summed E-state index contributed by atoms with van der Waals surface area (Å²) >= 11 is 0. The van der Waals surface area contributed by atoms with E-state index in [1.54, 1.807) is 0 Å². The van der Waals surface area contributed by atoms with Gasteiger partial charge < -0.3 is 0 Å². The molecule has 0 aromatic heterocycles. The van der Waals surface area contributed by atoms with Gasteiger partial charge in [0.25, 0.3) is 0 Å². The smallest absolute Gasteiger partial charge is 0.0330 e. The van der Waals surface area contributed by atoms with Crippen molar-refractivity contribution in [2.75, 3.05) is 0 Å². The minimum atomic E-state index is 0.0596. The molecular weight excluding hydrogens is 613 g/mol. The first-order valence-corrected chi connectivity index (χ1v) is 18.4. The summed E-state index contributed by atoms with van der Waals surface area (Å²) in [5.41, 5.74) is 10.1. The molecule has 0 fully saturated rings. The Labute approximate surface area is 309 Å². The molecule has 0 aliphatic heterocycles. The zero-order valence-corrected chi connectivity index (χ0v) is 31.1. The van der Waals surface area contributed by atoms with Gasteiger partial charge in [-0.2, -0.15) is 0 Å². The first kappa shape index (κ1) is 38.6. The minimum absolute atomic E-state index is 0.0596. The van der Waals surface area contributed by atoms with Gasteiger partial charge in [-0.1, -0.05) is 190 Å². The van der Waals surface area contributed by atoms with Crippen LogP contribution in [0.5, 0.6) is 0 Å². The third kappa shape index (κ3) is 11.4. The fourth-order valence-corrected chi connectivity index (χ4v) is 6.77. The second-order valence-electron chi connectivity index (χ2n) is 13.3. The van der Waals surface area contributed by atoms with Crippen molar-refractivity contribution in [3.8, 4) is 0 Å². The summed E-state index contributed by atoms with van der Waals surface area (Å²) in [5.74, 6) is 1.16. The molecule has 0 amide bonds. The van der Waals surface area contributed by atoms with Crippen LogP contribution in [0.25, 0.3) is 0 Å². The predicted octanol–water partition coefficient (Wildman–Crippen LogP) is 14.3. The molecule has 2 aliphatic carbocycles. The maximum Gasteiger partial charge on any atom is 0.0330 e. The fraction of sp³-hybridized carbons (Fsp3) is 0.216. The minimum Gasteiger partial charge on any atom is -0.0949 e. The summed E-state index contributed by atoms with van der Waals surface area (Å²) in [6.45, 7) is 23.9. The fourth-order valence-electron chi connectivity index (χ4n) is 6.77. The van der Waals surface area contributed by atoms with Gasteiger partial charge in [0, 0.05) is 17.8 Å². The summed E-state index contributed by atoms with van der Waals surface area (Å²) in [4.78, 5) is 0. The van der Waals surface area contributed by atoms with Gasteiger partial charge in [0.1, 0.15) is 0 Å². The van der Waals surface area contributed by atoms with E-state index in [9.17, 15) is 0 Å². The number of rotatable bonds is 17. The molecule has 0 heteroatoms. The highest BCUT2D eigenvalue weighted by Crippen LogP contribution is 2.38. The van der Waals surface area contributed by atoms with E-state index in [-0.39, 0.29) is 11.8 Å². The lowest BCUT2D eigenvalue weighted by atomic mass is 9.78. The van der Waals surface area contributed by atoms with Crippen LogP contribution in [0.4, 0.5) is 0 Å². The van der Waals surface area contributed by atoms with Gasteiger partial charge in [0.2, 0.25) is 0 Å². The molecule has 0 heterocycles. The van der Waals surface area contributed by atoms with E-state index in [0.717, 1.165) is 41.6 Å². The molecule has 2 aromatic rings. The first-order chi connectivity index (χ1) is 24.9. The highest BCUT2D eigenvalue weighted by Gasteiger charge is 2.22. The van der Waals surface area contributed by atoms with Crippen LogP contribution in [0.2, 0.25) is 0 Å². The lowest BCUT2D eigenvalue weighted by Crippen LogP contribution is -2.10. The lowest BCUT2D eigenvalue weighted by molar-refractivity contribution is 0.591. The lowest BCUT2D eigenvalue weighted by Gasteiger charge is -2.26. The van der Waals surface area contributed by atoms with Crippen LogP contribution in [0, 0.1) is 11.8 Å². The number of hydrogen-bond donors (Lipinski definition) is 0. The molecule has 0 saturated carbocycles. The van der Waals surface area contributed by atoms with Crippen molar-refractivity contribution in [1.29, 1.82) is 0 Å². The van der Waals surface area contributed by atoms with Gasteiger partial charge in [-0.15, -0.1) is 0 Å². The topological polar surface area (TPSA) is 0 Å². The van der Waals surface area contributed by atoms with Gasteiger partial charge in [0.05, 0.1) is 0 Å². The highest BCUT2D eigenvalue weighted by molar-refractivity contribution is 5.53. The average Bonchev–Trinajstić information content (AvgIpc) is 3.17. The Hall–Kier alpha value is -5.20. The van der Waals surface area contributed by atoms with Gasteiger partial charge in [-0.25, -0.2) is 0 Å². The van der Waals surface area contributed by atoms with Gasteiger partial charge in [0.15, 0.2) is 0 Å². The highest BCUT2D eigenvalue weighted by atomic mass is 14.3. The van der Waals surface area contributed by atoms with E-state index in [1.165, 1.54) is 34.3 Å². The Balaban J connectivity index is 1.42. The SMILES string of the molecule is C=C(/C=C\C(=C)C(C1=CCC(C2=CCC(CC/C=C\C=C/C)C=C2)C=C1)c1ccccc1)C(=C)/C=C\C(=C)C(C(/C=C\C)=C/C)c1ccccc1. The largest absolute Gasteiger partial charge is 0.0949 e. The van der Waals surface area contributed by atoms with Gasteiger partial charge in [-0.3, -0.25) is 0 Å². The molecule has 4 unspecified atom stereocenters. The van der Waals surface area contributed by atoms with Crippen LogP contribution in [-0.2, 0) is 0 Å². The maximum absolute atomic E-state index is 4.57. The Bertz CT molecular complexity index is 1820. The summed E-state index contributed by atoms with van der Waals surface area (Å²) in [6, 6.07) is 21.2. The van der Waals surface area contributed by atoms with Crippen LogP contribution in [0.3, 0.4) is 0 Å². The number of allylic oxidation sites excluding steroid dienone is 24. The molecule has 51 heavy (non-hydrogen) atoms. The molecule has 0 nitrogen and oxygen atoms in total. The summed E-state index contributed by atoms with van der Waals surface area (Å²) in [5, 5.41) is 0. The molecule has 4 rings (SSSR count). The second kappa shape index (κ2) is 20.5. The third-order valence-corrected chi connectivity index (χ3v) is 9.69. The van der Waals surface area contributed by atoms with E-state index in [4.69, 9.17) is 0 Å². The van der Waals surface area contributed by atoms with Crippen molar-refractivity contribution in [3.63, 3.8) is 0 Å². The van der Waals surface area contributed by atoms with Crippen molar-refractivity contribution >= 4 is 0 Å².